The van der Waals surface area contributed by atoms with Gasteiger partial charge in [-0.3, -0.25) is 9.59 Å². The number of para-hydroxylation sites is 3. The number of ketones is 1. The summed E-state index contributed by atoms with van der Waals surface area (Å²) in [5, 5.41) is 16.9. The zero-order valence-corrected chi connectivity index (χ0v) is 17.4. The van der Waals surface area contributed by atoms with Crippen molar-refractivity contribution in [3.8, 4) is 28.8 Å². The summed E-state index contributed by atoms with van der Waals surface area (Å²) in [5.74, 6) is -2.24. The van der Waals surface area contributed by atoms with Gasteiger partial charge in [0, 0.05) is 16.8 Å². The van der Waals surface area contributed by atoms with Crippen LogP contribution in [0.4, 0.5) is 5.69 Å². The minimum Gasteiger partial charge on any atom is -0.488 e. The first kappa shape index (κ1) is 20.2. The Balaban J connectivity index is 1.59. The molecule has 1 amide bonds. The van der Waals surface area contributed by atoms with Crippen LogP contribution in [0.1, 0.15) is 16.1 Å². The molecule has 7 heteroatoms. The van der Waals surface area contributed by atoms with Crippen LogP contribution in [0, 0.1) is 17.2 Å². The molecule has 2 heterocycles. The van der Waals surface area contributed by atoms with Gasteiger partial charge in [-0.1, -0.05) is 48.5 Å². The number of Topliss-reactive ketones (excluding diaryl/α,β-unsaturated/α-hetero) is 1. The summed E-state index contributed by atoms with van der Waals surface area (Å²) in [6.07, 6.45) is 0. The number of nitrogens with one attached hydrogen (secondary N) is 1. The third-order valence-corrected chi connectivity index (χ3v) is 5.43. The maximum Gasteiger partial charge on any atom is 0.249 e. The van der Waals surface area contributed by atoms with Crippen molar-refractivity contribution in [3.63, 3.8) is 0 Å². The minimum absolute atomic E-state index is 0.0538. The predicted octanol–water partition coefficient (Wildman–Crippen LogP) is 4.39. The summed E-state index contributed by atoms with van der Waals surface area (Å²) in [4.78, 5) is 26.2. The largest absolute Gasteiger partial charge is 0.488 e. The Hall–Kier alpha value is -4.70. The van der Waals surface area contributed by atoms with Crippen molar-refractivity contribution in [1.82, 2.24) is 9.78 Å². The maximum atomic E-state index is 13.4. The number of aromatic nitrogens is 2. The number of nitrogens with zero attached hydrogens (tertiary/aromatic N) is 3. The van der Waals surface area contributed by atoms with E-state index in [-0.39, 0.29) is 12.3 Å². The molecule has 1 aromatic heterocycles. The molecule has 33 heavy (non-hydrogen) atoms. The molecule has 0 radical (unpaired) electrons. The number of benzene rings is 3. The Kier molecular flexibility index (Phi) is 5.17. The summed E-state index contributed by atoms with van der Waals surface area (Å²) >= 11 is 0. The standard InChI is InChI=1S/C26H18N4O3/c27-15-20(26(32)28-17-9-3-1-4-10-17)25(31)23-21-16-33-22-14-8-7-13-19(22)24(21)30(29-23)18-11-5-2-6-12-18/h1-14,20H,16H2,(H,28,32). The summed E-state index contributed by atoms with van der Waals surface area (Å²) in [5.41, 5.74) is 3.37. The highest BCUT2D eigenvalue weighted by Gasteiger charge is 2.36. The van der Waals surface area contributed by atoms with Gasteiger partial charge in [-0.05, 0) is 36.4 Å². The number of amides is 1. The van der Waals surface area contributed by atoms with Gasteiger partial charge in [0.25, 0.3) is 0 Å². The van der Waals surface area contributed by atoms with E-state index in [1.54, 1.807) is 28.9 Å². The van der Waals surface area contributed by atoms with E-state index in [4.69, 9.17) is 4.74 Å². The molecule has 1 aliphatic heterocycles. The number of ether oxygens (including phenoxy) is 1. The Bertz CT molecular complexity index is 1390. The first-order valence-corrected chi connectivity index (χ1v) is 10.4. The zero-order chi connectivity index (χ0) is 22.8. The maximum absolute atomic E-state index is 13.4. The molecule has 3 aromatic carbocycles. The van der Waals surface area contributed by atoms with Crippen LogP contribution in [-0.2, 0) is 11.4 Å². The van der Waals surface area contributed by atoms with Crippen molar-refractivity contribution in [2.24, 2.45) is 5.92 Å². The number of hydrogen-bond acceptors (Lipinski definition) is 5. The topological polar surface area (TPSA) is 97.0 Å². The Labute approximate surface area is 189 Å². The van der Waals surface area contributed by atoms with E-state index in [2.05, 4.69) is 10.4 Å². The van der Waals surface area contributed by atoms with Crippen molar-refractivity contribution in [2.75, 3.05) is 5.32 Å². The number of nitriles is 1. The van der Waals surface area contributed by atoms with Gasteiger partial charge in [-0.2, -0.15) is 10.4 Å². The molecule has 1 aliphatic rings. The highest BCUT2D eigenvalue weighted by Crippen LogP contribution is 2.40. The van der Waals surface area contributed by atoms with Gasteiger partial charge in [0.15, 0.2) is 5.92 Å². The lowest BCUT2D eigenvalue weighted by molar-refractivity contribution is -0.117. The molecule has 0 saturated carbocycles. The van der Waals surface area contributed by atoms with Crippen LogP contribution in [0.15, 0.2) is 84.9 Å². The number of fused-ring (bicyclic) bond motifs is 3. The molecule has 0 fully saturated rings. The number of carbonyl (C=O) groups is 2. The number of hydrogen-bond donors (Lipinski definition) is 1. The molecular formula is C26H18N4O3. The number of carbonyl (C=O) groups excluding carboxylic acids is 2. The molecule has 5 rings (SSSR count). The first-order chi connectivity index (χ1) is 16.2. The van der Waals surface area contributed by atoms with Crippen LogP contribution in [0.3, 0.4) is 0 Å². The average Bonchev–Trinajstić information content (AvgIpc) is 3.26. The van der Waals surface area contributed by atoms with Crippen LogP contribution in [0.25, 0.3) is 16.9 Å². The second-order valence-electron chi connectivity index (χ2n) is 7.49. The first-order valence-electron chi connectivity index (χ1n) is 10.4. The highest BCUT2D eigenvalue weighted by molar-refractivity contribution is 6.15. The Morgan fingerprint density at radius 2 is 1.64 bits per heavy atom. The highest BCUT2D eigenvalue weighted by atomic mass is 16.5. The summed E-state index contributed by atoms with van der Waals surface area (Å²) < 4.78 is 7.54. The van der Waals surface area contributed by atoms with E-state index >= 15 is 0 Å². The SMILES string of the molecule is N#CC(C(=O)Nc1ccccc1)C(=O)c1nn(-c2ccccc2)c2c1COc1ccccc1-2. The van der Waals surface area contributed by atoms with Gasteiger partial charge in [0.2, 0.25) is 11.7 Å². The van der Waals surface area contributed by atoms with Gasteiger partial charge < -0.3 is 10.1 Å². The lowest BCUT2D eigenvalue weighted by atomic mass is 9.96. The predicted molar refractivity (Wildman–Crippen MR) is 122 cm³/mol. The smallest absolute Gasteiger partial charge is 0.249 e. The Morgan fingerprint density at radius 1 is 0.970 bits per heavy atom. The van der Waals surface area contributed by atoms with Crippen molar-refractivity contribution in [1.29, 1.82) is 5.26 Å². The molecule has 4 aromatic rings. The lowest BCUT2D eigenvalue weighted by Crippen LogP contribution is -2.29. The monoisotopic (exact) mass is 434 g/mol. The van der Waals surface area contributed by atoms with Crippen molar-refractivity contribution >= 4 is 17.4 Å². The summed E-state index contributed by atoms with van der Waals surface area (Å²) in [7, 11) is 0. The molecule has 1 N–H and O–H groups in total. The van der Waals surface area contributed by atoms with Crippen LogP contribution >= 0.6 is 0 Å². The summed E-state index contributed by atoms with van der Waals surface area (Å²) in [6.45, 7) is 0.110. The molecule has 1 unspecified atom stereocenters. The summed E-state index contributed by atoms with van der Waals surface area (Å²) in [6, 6.07) is 27.4. The van der Waals surface area contributed by atoms with E-state index < -0.39 is 17.6 Å². The third kappa shape index (κ3) is 3.64. The molecular weight excluding hydrogens is 416 g/mol. The van der Waals surface area contributed by atoms with E-state index in [0.717, 1.165) is 11.3 Å². The average molecular weight is 434 g/mol. The normalized spacial score (nSPS) is 12.5. The van der Waals surface area contributed by atoms with Crippen molar-refractivity contribution in [3.05, 3.63) is 96.2 Å². The molecule has 7 nitrogen and oxygen atoms in total. The van der Waals surface area contributed by atoms with E-state index in [0.29, 0.717) is 22.7 Å². The van der Waals surface area contributed by atoms with Gasteiger partial charge in [0.1, 0.15) is 18.1 Å². The lowest BCUT2D eigenvalue weighted by Gasteiger charge is -2.19. The quantitative estimate of drug-likeness (QED) is 0.371. The van der Waals surface area contributed by atoms with Crippen molar-refractivity contribution in [2.45, 2.75) is 6.61 Å². The van der Waals surface area contributed by atoms with Gasteiger partial charge in [-0.15, -0.1) is 0 Å². The fourth-order valence-corrected chi connectivity index (χ4v) is 3.86. The number of rotatable bonds is 5. The van der Waals surface area contributed by atoms with Crippen LogP contribution < -0.4 is 10.1 Å². The molecule has 160 valence electrons. The molecule has 1 atom stereocenters. The van der Waals surface area contributed by atoms with Crippen LogP contribution in [-0.4, -0.2) is 21.5 Å². The number of anilines is 1. The van der Waals surface area contributed by atoms with Gasteiger partial charge in [0.05, 0.1) is 17.5 Å². The van der Waals surface area contributed by atoms with E-state index in [1.165, 1.54) is 0 Å². The Morgan fingerprint density at radius 3 is 2.36 bits per heavy atom. The molecule has 0 spiro atoms. The van der Waals surface area contributed by atoms with E-state index in [1.807, 2.05) is 66.7 Å². The van der Waals surface area contributed by atoms with Crippen LogP contribution in [0.5, 0.6) is 5.75 Å². The second-order valence-corrected chi connectivity index (χ2v) is 7.49. The fraction of sp³-hybridized carbons (Fsp3) is 0.0769. The minimum atomic E-state index is -1.55. The van der Waals surface area contributed by atoms with Crippen molar-refractivity contribution < 1.29 is 14.3 Å². The fourth-order valence-electron chi connectivity index (χ4n) is 3.86. The zero-order valence-electron chi connectivity index (χ0n) is 17.4. The second kappa shape index (κ2) is 8.44. The molecule has 0 saturated heterocycles. The van der Waals surface area contributed by atoms with E-state index in [9.17, 15) is 14.9 Å². The molecule has 0 bridgehead atoms. The third-order valence-electron chi connectivity index (χ3n) is 5.43. The molecule has 0 aliphatic carbocycles. The van der Waals surface area contributed by atoms with Crippen LogP contribution in [0.2, 0.25) is 0 Å². The van der Waals surface area contributed by atoms with Gasteiger partial charge >= 0.3 is 0 Å². The van der Waals surface area contributed by atoms with Gasteiger partial charge in [-0.25, -0.2) is 4.68 Å².